The molecule has 1 unspecified atom stereocenters. The van der Waals surface area contributed by atoms with Gasteiger partial charge in [0.15, 0.2) is 11.6 Å². The van der Waals surface area contributed by atoms with Crippen molar-refractivity contribution in [1.82, 2.24) is 10.2 Å². The fraction of sp³-hybridized carbons (Fsp3) is 0.273. The summed E-state index contributed by atoms with van der Waals surface area (Å²) in [5.74, 6) is -1.11. The van der Waals surface area contributed by atoms with E-state index in [4.69, 9.17) is 16.3 Å². The molecule has 2 aliphatic heterocycles. The molecule has 2 aromatic rings. The number of anilines is 1. The highest BCUT2D eigenvalue weighted by Gasteiger charge is 2.36. The molecule has 8 nitrogen and oxygen atoms in total. The number of carbonyl (C=O) groups excluding carboxylic acids is 1. The number of rotatable bonds is 5. The van der Waals surface area contributed by atoms with Gasteiger partial charge in [-0.15, -0.1) is 0 Å². The first-order chi connectivity index (χ1) is 16.4. The predicted octanol–water partition coefficient (Wildman–Crippen LogP) is 4.12. The number of nitrogens with one attached hydrogen (secondary N) is 2. The molecule has 178 valence electrons. The van der Waals surface area contributed by atoms with Crippen LogP contribution < -0.4 is 15.4 Å². The van der Waals surface area contributed by atoms with Crippen molar-refractivity contribution in [3.8, 4) is 5.75 Å². The van der Waals surface area contributed by atoms with E-state index in [1.54, 1.807) is 0 Å². The van der Waals surface area contributed by atoms with E-state index in [2.05, 4.69) is 32.7 Å². The van der Waals surface area contributed by atoms with Gasteiger partial charge in [-0.25, -0.2) is 14.2 Å². The Morgan fingerprint density at radius 2 is 2.00 bits per heavy atom. The summed E-state index contributed by atoms with van der Waals surface area (Å²) in [5.41, 5.74) is 4.03. The van der Waals surface area contributed by atoms with E-state index in [1.165, 1.54) is 40.6 Å². The number of aliphatic imine (C=N–C) groups is 1. The zero-order valence-corrected chi connectivity index (χ0v) is 20.1. The second-order valence-electron chi connectivity index (χ2n) is 8.01. The van der Waals surface area contributed by atoms with Gasteiger partial charge >= 0.3 is 6.09 Å². The summed E-state index contributed by atoms with van der Waals surface area (Å²) in [6, 6.07) is 11.0. The monoisotopic (exact) mass is 522 g/mol. The Morgan fingerprint density at radius 1 is 1.24 bits per heavy atom. The number of ether oxygens (including phenoxy) is 1. The van der Waals surface area contributed by atoms with Crippen molar-refractivity contribution in [2.45, 2.75) is 24.9 Å². The van der Waals surface area contributed by atoms with Gasteiger partial charge in [0.05, 0.1) is 22.3 Å². The zero-order valence-electron chi connectivity index (χ0n) is 17.7. The number of nitrogens with zero attached hydrogens (tertiary/aromatic N) is 2. The highest BCUT2D eigenvalue weighted by Crippen LogP contribution is 2.46. The van der Waals surface area contributed by atoms with Crippen LogP contribution in [0.25, 0.3) is 0 Å². The fourth-order valence-electron chi connectivity index (χ4n) is 4.29. The third kappa shape index (κ3) is 4.61. The smallest absolute Gasteiger partial charge is 0.407 e. The number of carbonyl (C=O) groups is 1. The summed E-state index contributed by atoms with van der Waals surface area (Å²) in [6.07, 6.45) is 1.04. The van der Waals surface area contributed by atoms with E-state index in [9.17, 15) is 17.6 Å². The lowest BCUT2D eigenvalue weighted by molar-refractivity contribution is 0.116. The van der Waals surface area contributed by atoms with Gasteiger partial charge in [-0.1, -0.05) is 35.9 Å². The average molecular weight is 523 g/mol. The van der Waals surface area contributed by atoms with Crippen LogP contribution >= 0.6 is 11.6 Å². The van der Waals surface area contributed by atoms with Crippen molar-refractivity contribution < 1.29 is 22.3 Å². The molecule has 2 N–H and O–H groups in total. The van der Waals surface area contributed by atoms with Gasteiger partial charge in [0, 0.05) is 33.0 Å². The molecule has 1 fully saturated rings. The first-order valence-corrected chi connectivity index (χ1v) is 13.9. The highest BCUT2D eigenvalue weighted by molar-refractivity contribution is 8.42. The Morgan fingerprint density at radius 3 is 2.68 bits per heavy atom. The summed E-state index contributed by atoms with van der Waals surface area (Å²) in [6.45, 7) is 2.15. The van der Waals surface area contributed by atoms with Crippen molar-refractivity contribution in [3.63, 3.8) is 0 Å². The number of fused-ring (bicyclic) bond motifs is 1. The molecule has 3 aliphatic rings. The molecule has 34 heavy (non-hydrogen) atoms. The molecule has 5 rings (SSSR count). The lowest BCUT2D eigenvalue weighted by atomic mass is 10.0. The van der Waals surface area contributed by atoms with Gasteiger partial charge in [-0.2, -0.15) is 8.42 Å². The third-order valence-corrected chi connectivity index (χ3v) is 8.87. The number of halogens is 2. The molecule has 2 heterocycles. The molecule has 1 saturated heterocycles. The fourth-order valence-corrected chi connectivity index (χ4v) is 6.12. The number of likely N-dealkylation sites (tertiary alicyclic amines) is 1. The van der Waals surface area contributed by atoms with E-state index < -0.39 is 30.6 Å². The van der Waals surface area contributed by atoms with Gasteiger partial charge < -0.3 is 10.1 Å². The minimum atomic E-state index is -2.37. The van der Waals surface area contributed by atoms with Crippen LogP contribution in [-0.2, 0) is 18.7 Å². The van der Waals surface area contributed by atoms with Crippen LogP contribution in [0.1, 0.15) is 36.1 Å². The van der Waals surface area contributed by atoms with Crippen molar-refractivity contribution in [2.24, 2.45) is 4.99 Å². The second-order valence-corrected chi connectivity index (χ2v) is 11.9. The van der Waals surface area contributed by atoms with Crippen molar-refractivity contribution in [2.75, 3.05) is 18.4 Å². The van der Waals surface area contributed by atoms with Gasteiger partial charge in [0.1, 0.15) is 5.82 Å². The van der Waals surface area contributed by atoms with Gasteiger partial charge in [-0.05, 0) is 37.1 Å². The molecule has 12 heteroatoms. The van der Waals surface area contributed by atoms with E-state index >= 15 is 0 Å². The topological polar surface area (TPSA) is 100 Å². The molecule has 2 aromatic carbocycles. The molecular weight excluding hydrogens is 503 g/mol. The minimum absolute atomic E-state index is 0.0129. The van der Waals surface area contributed by atoms with Crippen molar-refractivity contribution >= 4 is 47.6 Å². The summed E-state index contributed by atoms with van der Waals surface area (Å²) < 4.78 is 41.7. The Kier molecular flexibility index (Phi) is 6.43. The summed E-state index contributed by atoms with van der Waals surface area (Å²) in [7, 11) is -3.59. The van der Waals surface area contributed by atoms with Crippen molar-refractivity contribution in [1.29, 1.82) is 0 Å². The second kappa shape index (κ2) is 9.49. The predicted molar refractivity (Wildman–Crippen MR) is 130 cm³/mol. The molecule has 0 radical (unpaired) electrons. The summed E-state index contributed by atoms with van der Waals surface area (Å²) in [5, 5.41) is 7.09. The van der Waals surface area contributed by atoms with E-state index in [0.29, 0.717) is 11.7 Å². The lowest BCUT2D eigenvalue weighted by Crippen LogP contribution is -2.39. The van der Waals surface area contributed by atoms with E-state index in [1.807, 2.05) is 12.1 Å². The standard InChI is InChI=1S/C22H20ClFN4O4S2/c23-15-8-20(32-22(29)27-21-11-33(12-25-21)34(30)31)16(24)9-18(15)26-17-10-19(28-6-3-7-28)14-5-2-1-4-13(14)17/h1-2,4-5,8-9,11-12,17,19,26H,3,6-7,10H2,(H,27,29)/t17-,19-,33?/m0/s1. The number of hydrogen-bond donors (Lipinski definition) is 2. The normalized spacial score (nSPS) is 23.1. The highest BCUT2D eigenvalue weighted by atomic mass is 35.5. The average Bonchev–Trinajstić information content (AvgIpc) is 3.36. The molecule has 0 aromatic heterocycles. The largest absolute Gasteiger partial charge is 0.418 e. The summed E-state index contributed by atoms with van der Waals surface area (Å²) in [4.78, 5) is 18.3. The molecule has 1 amide bonds. The van der Waals surface area contributed by atoms with Gasteiger partial charge in [0.25, 0.3) is 0 Å². The van der Waals surface area contributed by atoms with Crippen LogP contribution in [0.15, 0.2) is 52.6 Å². The third-order valence-electron chi connectivity index (χ3n) is 5.99. The maximum atomic E-state index is 14.8. The zero-order chi connectivity index (χ0) is 23.8. The van der Waals surface area contributed by atoms with Gasteiger partial charge in [0.2, 0.25) is 9.26 Å². The Balaban J connectivity index is 1.29. The molecular formula is C22H20ClFN4O4S2. The van der Waals surface area contributed by atoms with E-state index in [0.717, 1.165) is 19.5 Å². The summed E-state index contributed by atoms with van der Waals surface area (Å²) >= 11 is 6.40. The van der Waals surface area contributed by atoms with Crippen LogP contribution in [0.3, 0.4) is 0 Å². The maximum Gasteiger partial charge on any atom is 0.418 e. The number of amides is 1. The van der Waals surface area contributed by atoms with Crippen LogP contribution in [0.2, 0.25) is 5.02 Å². The Labute approximate surface area is 203 Å². The van der Waals surface area contributed by atoms with Crippen LogP contribution in [0.4, 0.5) is 14.9 Å². The maximum absolute atomic E-state index is 14.8. The number of hydrogen-bond acceptors (Lipinski definition) is 7. The molecule has 1 aliphatic carbocycles. The first-order valence-electron chi connectivity index (χ1n) is 10.5. The van der Waals surface area contributed by atoms with E-state index in [-0.39, 0.29) is 22.6 Å². The molecule has 0 saturated carbocycles. The minimum Gasteiger partial charge on any atom is -0.407 e. The Hall–Kier alpha value is -2.73. The SMILES string of the molecule is O=C(NC1=CS(=S(=O)=O)C=N1)Oc1cc(Cl)c(N[C@H]2C[C@H](N3CCC3)c3ccccc32)cc1F. The molecule has 0 bridgehead atoms. The van der Waals surface area contributed by atoms with Crippen LogP contribution in [0.5, 0.6) is 5.75 Å². The van der Waals surface area contributed by atoms with Crippen LogP contribution in [-0.4, -0.2) is 38.0 Å². The first kappa shape index (κ1) is 23.0. The quantitative estimate of drug-likeness (QED) is 0.612. The van der Waals surface area contributed by atoms with Gasteiger partial charge in [-0.3, -0.25) is 10.2 Å². The number of benzene rings is 2. The molecule has 0 spiro atoms. The van der Waals surface area contributed by atoms with Crippen LogP contribution in [0, 0.1) is 5.82 Å². The Bertz CT molecular complexity index is 1370. The van der Waals surface area contributed by atoms with Crippen molar-refractivity contribution in [3.05, 3.63) is 69.6 Å². The lowest BCUT2D eigenvalue weighted by Gasteiger charge is -2.37. The molecule has 3 atom stereocenters.